The van der Waals surface area contributed by atoms with Gasteiger partial charge in [-0.3, -0.25) is 4.79 Å². The molecule has 216 valence electrons. The number of rotatable bonds is 5. The Labute approximate surface area is 248 Å². The molecular weight excluding hydrogens is 551 g/mol. The van der Waals surface area contributed by atoms with Gasteiger partial charge in [0.15, 0.2) is 16.7 Å². The Morgan fingerprint density at radius 2 is 1.98 bits per heavy atom. The summed E-state index contributed by atoms with van der Waals surface area (Å²) in [5, 5.41) is 6.60. The minimum absolute atomic E-state index is 0. The Bertz CT molecular complexity index is 1300. The van der Waals surface area contributed by atoms with Crippen molar-refractivity contribution in [3.05, 3.63) is 71.4 Å². The van der Waals surface area contributed by atoms with E-state index < -0.39 is 0 Å². The Kier molecular flexibility index (Phi) is 9.33. The van der Waals surface area contributed by atoms with Crippen molar-refractivity contribution >= 4 is 5.91 Å². The third-order valence-corrected chi connectivity index (χ3v) is 8.91. The van der Waals surface area contributed by atoms with E-state index in [9.17, 15) is 4.79 Å². The summed E-state index contributed by atoms with van der Waals surface area (Å²) in [5.41, 5.74) is 2.12. The summed E-state index contributed by atoms with van der Waals surface area (Å²) in [6, 6.07) is 16.5. The van der Waals surface area contributed by atoms with Crippen LogP contribution in [0.3, 0.4) is 0 Å². The summed E-state index contributed by atoms with van der Waals surface area (Å²) in [6.07, 6.45) is 2.54. The van der Waals surface area contributed by atoms with E-state index in [1.807, 2.05) is 12.1 Å². The van der Waals surface area contributed by atoms with E-state index in [-0.39, 0.29) is 54.0 Å². The van der Waals surface area contributed by atoms with Crippen molar-refractivity contribution < 1.29 is 53.9 Å². The Morgan fingerprint density at radius 1 is 1.18 bits per heavy atom. The molecule has 2 fully saturated rings. The molecule has 6 rings (SSSR count). The average Bonchev–Trinajstić information content (AvgIpc) is 3.61. The molecule has 1 unspecified atom stereocenters. The van der Waals surface area contributed by atoms with Crippen LogP contribution in [0.2, 0.25) is 0 Å². The maximum Gasteiger partial charge on any atom is 0.349 e. The molecule has 1 aromatic heterocycles. The van der Waals surface area contributed by atoms with Crippen molar-refractivity contribution in [2.24, 2.45) is 5.92 Å². The lowest BCUT2D eigenvalue weighted by atomic mass is 9.68. The molecule has 0 aliphatic carbocycles. The second-order valence-corrected chi connectivity index (χ2v) is 11.3. The van der Waals surface area contributed by atoms with Crippen molar-refractivity contribution in [1.82, 2.24) is 10.1 Å². The molecule has 3 aliphatic rings. The summed E-state index contributed by atoms with van der Waals surface area (Å²) in [5.74, 6) is 3.62. The maximum absolute atomic E-state index is 14.6. The highest BCUT2D eigenvalue weighted by Crippen LogP contribution is 2.49. The number of piperidine rings is 1. The molecule has 3 aliphatic heterocycles. The molecule has 3 aromatic rings. The number of halogens is 2. The molecule has 0 radical (unpaired) electrons. The SMILES string of the molecule is COc1cccc2c1OCC[C@]21C[NH2+]C[C@H]1C(=O)N1CCC(c2ccccc2)C[C@H]1c1[nH+]c(C(C)C)no1.[Cl-].[Cl-]. The number of benzene rings is 2. The highest BCUT2D eigenvalue weighted by molar-refractivity contribution is 5.82. The van der Waals surface area contributed by atoms with Crippen LogP contribution in [0.25, 0.3) is 0 Å². The first-order chi connectivity index (χ1) is 18.5. The van der Waals surface area contributed by atoms with Crippen molar-refractivity contribution in [2.45, 2.75) is 56.4 Å². The minimum atomic E-state index is -0.283. The van der Waals surface area contributed by atoms with Crippen molar-refractivity contribution in [3.63, 3.8) is 0 Å². The van der Waals surface area contributed by atoms with Crippen LogP contribution in [0, 0.1) is 5.92 Å². The number of quaternary nitrogens is 1. The summed E-state index contributed by atoms with van der Waals surface area (Å²) >= 11 is 0. The lowest BCUT2D eigenvalue weighted by molar-refractivity contribution is -0.640. The smallest absolute Gasteiger partial charge is 0.349 e. The van der Waals surface area contributed by atoms with Crippen molar-refractivity contribution in [2.75, 3.05) is 33.4 Å². The molecule has 4 heterocycles. The quantitative estimate of drug-likeness (QED) is 0.342. The Morgan fingerprint density at radius 3 is 2.70 bits per heavy atom. The summed E-state index contributed by atoms with van der Waals surface area (Å²) in [6.45, 7) is 7.07. The van der Waals surface area contributed by atoms with Crippen LogP contribution in [0.5, 0.6) is 11.5 Å². The average molecular weight is 590 g/mol. The van der Waals surface area contributed by atoms with Crippen LogP contribution in [0.4, 0.5) is 0 Å². The molecule has 1 spiro atoms. The third-order valence-electron chi connectivity index (χ3n) is 8.91. The van der Waals surface area contributed by atoms with Gasteiger partial charge in [0, 0.05) is 12.1 Å². The molecule has 0 bridgehead atoms. The van der Waals surface area contributed by atoms with Gasteiger partial charge < -0.3 is 44.5 Å². The molecule has 40 heavy (non-hydrogen) atoms. The molecular formula is C30H38Cl2N4O4. The number of H-pyrrole nitrogens is 1. The fourth-order valence-electron chi connectivity index (χ4n) is 6.84. The monoisotopic (exact) mass is 588 g/mol. The third kappa shape index (κ3) is 5.17. The second-order valence-electron chi connectivity index (χ2n) is 11.3. The van der Waals surface area contributed by atoms with Gasteiger partial charge in [0.25, 0.3) is 0 Å². The maximum atomic E-state index is 14.6. The molecule has 3 N–H and O–H groups in total. The van der Waals surface area contributed by atoms with Crippen LogP contribution in [-0.4, -0.2) is 49.3 Å². The van der Waals surface area contributed by atoms with E-state index in [0.717, 1.165) is 55.2 Å². The number of nitrogens with zero attached hydrogens (tertiary/aromatic N) is 2. The van der Waals surface area contributed by atoms with Gasteiger partial charge in [-0.1, -0.05) is 56.3 Å². The topological polar surface area (TPSA) is 95.6 Å². The number of carbonyl (C=O) groups excluding carboxylic acids is 1. The highest BCUT2D eigenvalue weighted by Gasteiger charge is 2.56. The van der Waals surface area contributed by atoms with Gasteiger partial charge >= 0.3 is 11.7 Å². The first-order valence-electron chi connectivity index (χ1n) is 13.9. The van der Waals surface area contributed by atoms with E-state index in [1.165, 1.54) is 5.56 Å². The summed E-state index contributed by atoms with van der Waals surface area (Å²) in [4.78, 5) is 20.0. The van der Waals surface area contributed by atoms with E-state index in [0.29, 0.717) is 25.0 Å². The Hall–Kier alpha value is -2.81. The first-order valence-corrected chi connectivity index (χ1v) is 13.9. The second kappa shape index (κ2) is 12.4. The predicted molar refractivity (Wildman–Crippen MR) is 140 cm³/mol. The number of nitrogens with one attached hydrogen (secondary N) is 1. The number of fused-ring (bicyclic) bond motifs is 2. The number of amides is 1. The van der Waals surface area contributed by atoms with Gasteiger partial charge in [0.1, 0.15) is 12.0 Å². The number of aromatic amines is 1. The van der Waals surface area contributed by atoms with Crippen LogP contribution in [-0.2, 0) is 10.2 Å². The normalized spacial score (nSPS) is 25.5. The molecule has 2 saturated heterocycles. The molecule has 8 nitrogen and oxygen atoms in total. The number of nitrogens with two attached hydrogens (primary N) is 1. The van der Waals surface area contributed by atoms with Gasteiger partial charge in [0.2, 0.25) is 5.91 Å². The number of hydrogen-bond acceptors (Lipinski definition) is 5. The molecule has 4 atom stereocenters. The first kappa shape index (κ1) is 30.2. The van der Waals surface area contributed by atoms with Gasteiger partial charge in [-0.2, -0.15) is 0 Å². The molecule has 0 saturated carbocycles. The van der Waals surface area contributed by atoms with Crippen LogP contribution in [0.15, 0.2) is 53.1 Å². The van der Waals surface area contributed by atoms with Crippen LogP contribution >= 0.6 is 0 Å². The highest BCUT2D eigenvalue weighted by atomic mass is 35.5. The van der Waals surface area contributed by atoms with E-state index in [1.54, 1.807) is 7.11 Å². The lowest BCUT2D eigenvalue weighted by Crippen LogP contribution is -3.00. The summed E-state index contributed by atoms with van der Waals surface area (Å²) in [7, 11) is 1.67. The lowest BCUT2D eigenvalue weighted by Gasteiger charge is -2.42. The molecule has 1 amide bonds. The van der Waals surface area contributed by atoms with Crippen LogP contribution < -0.4 is 44.6 Å². The zero-order chi connectivity index (χ0) is 26.3. The number of ether oxygens (including phenoxy) is 2. The number of methoxy groups -OCH3 is 1. The number of aromatic nitrogens is 2. The number of likely N-dealkylation sites (tertiary alicyclic amines) is 1. The van der Waals surface area contributed by atoms with Gasteiger partial charge in [0.05, 0.1) is 38.1 Å². The van der Waals surface area contributed by atoms with Gasteiger partial charge in [-0.25, -0.2) is 9.51 Å². The van der Waals surface area contributed by atoms with E-state index in [4.69, 9.17) is 14.0 Å². The van der Waals surface area contributed by atoms with Crippen LogP contribution in [0.1, 0.15) is 73.8 Å². The van der Waals surface area contributed by atoms with Crippen molar-refractivity contribution in [3.8, 4) is 11.5 Å². The molecule has 10 heteroatoms. The van der Waals surface area contributed by atoms with Gasteiger partial charge in [-0.15, -0.1) is 0 Å². The minimum Gasteiger partial charge on any atom is -1.00 e. The standard InChI is InChI=1S/C30H36N4O4.2ClH/c1-19(2)27-32-28(38-33-27)24-16-21(20-8-5-4-6-9-20)12-14-34(24)29(35)23-17-31-18-30(23)13-15-37-26-22(30)10-7-11-25(26)36-3;;/h4-11,19,21,23-24,31H,12-18H2,1-3H3;2*1H/t21?,23-,24-,30-;;/m0../s1. The predicted octanol–water partition coefficient (Wildman–Crippen LogP) is -3.01. The fourth-order valence-corrected chi connectivity index (χ4v) is 6.84. The number of para-hydroxylation sites is 1. The fraction of sp³-hybridized carbons (Fsp3) is 0.500. The van der Waals surface area contributed by atoms with Crippen molar-refractivity contribution in [1.29, 1.82) is 0 Å². The largest absolute Gasteiger partial charge is 1.00 e. The van der Waals surface area contributed by atoms with E-state index >= 15 is 0 Å². The van der Waals surface area contributed by atoms with Gasteiger partial charge in [-0.05, 0) is 36.8 Å². The number of hydrogen-bond donors (Lipinski definition) is 1. The zero-order valence-corrected chi connectivity index (χ0v) is 24.8. The number of carbonyl (C=O) groups is 1. The Balaban J connectivity index is 0.00000185. The zero-order valence-electron chi connectivity index (χ0n) is 23.2. The molecule has 2 aromatic carbocycles. The summed E-state index contributed by atoms with van der Waals surface area (Å²) < 4.78 is 17.6. The van der Waals surface area contributed by atoms with E-state index in [2.05, 4.69) is 70.6 Å².